The van der Waals surface area contributed by atoms with E-state index in [4.69, 9.17) is 4.74 Å². The van der Waals surface area contributed by atoms with Gasteiger partial charge < -0.3 is 15.0 Å². The zero-order valence-electron chi connectivity index (χ0n) is 15.8. The number of hydrogen-bond donors (Lipinski definition) is 2. The molecule has 146 valence electrons. The van der Waals surface area contributed by atoms with Crippen molar-refractivity contribution in [3.63, 3.8) is 0 Å². The lowest BCUT2D eigenvalue weighted by molar-refractivity contribution is -0.121. The molecule has 7 nitrogen and oxygen atoms in total. The van der Waals surface area contributed by atoms with Gasteiger partial charge in [-0.3, -0.25) is 14.6 Å². The van der Waals surface area contributed by atoms with E-state index in [1.165, 1.54) is 5.56 Å². The van der Waals surface area contributed by atoms with Crippen LogP contribution in [0.25, 0.3) is 0 Å². The lowest BCUT2D eigenvalue weighted by Crippen LogP contribution is -2.39. The van der Waals surface area contributed by atoms with Crippen LogP contribution in [-0.4, -0.2) is 48.2 Å². The van der Waals surface area contributed by atoms with Gasteiger partial charge in [-0.05, 0) is 49.1 Å². The van der Waals surface area contributed by atoms with Gasteiger partial charge in [-0.1, -0.05) is 0 Å². The monoisotopic (exact) mass is 390 g/mol. The van der Waals surface area contributed by atoms with Crippen LogP contribution in [0.5, 0.6) is 0 Å². The first-order valence-electron chi connectivity index (χ1n) is 9.26. The first-order chi connectivity index (χ1) is 13.0. The van der Waals surface area contributed by atoms with E-state index in [2.05, 4.69) is 26.7 Å². The molecule has 2 N–H and O–H groups in total. The molecule has 1 aliphatic heterocycles. The molecule has 2 aromatic heterocycles. The van der Waals surface area contributed by atoms with Gasteiger partial charge in [0, 0.05) is 36.8 Å². The molecule has 3 heterocycles. The van der Waals surface area contributed by atoms with E-state index >= 15 is 0 Å². The Labute approximate surface area is 162 Å². The van der Waals surface area contributed by atoms with Crippen molar-refractivity contribution in [3.8, 4) is 0 Å². The van der Waals surface area contributed by atoms with Crippen molar-refractivity contribution >= 4 is 23.2 Å². The number of carbonyl (C=O) groups excluding carboxylic acids is 1. The number of nitrogens with zero attached hydrogens (tertiary/aromatic N) is 2. The summed E-state index contributed by atoms with van der Waals surface area (Å²) in [5.41, 5.74) is 2.32. The number of amides is 1. The Morgan fingerprint density at radius 2 is 2.22 bits per heavy atom. The third-order valence-electron chi connectivity index (χ3n) is 4.65. The SMILES string of the molecule is Cc1nc(N2CCOCC2)[nH]c(=O)c1CCC(=O)NC(C)Cc1ccsc1. The second-order valence-electron chi connectivity index (χ2n) is 6.86. The fourth-order valence-electron chi connectivity index (χ4n) is 3.21. The molecule has 1 saturated heterocycles. The van der Waals surface area contributed by atoms with Crippen LogP contribution in [0.3, 0.4) is 0 Å². The zero-order valence-corrected chi connectivity index (χ0v) is 16.6. The molecule has 0 aromatic carbocycles. The standard InChI is InChI=1S/C19H26N4O3S/c1-13(11-15-5-10-27-12-15)20-17(24)4-3-16-14(2)21-19(22-18(16)25)23-6-8-26-9-7-23/h5,10,12-13H,3-4,6-9,11H2,1-2H3,(H,20,24)(H,21,22,25). The fraction of sp³-hybridized carbons (Fsp3) is 0.526. The summed E-state index contributed by atoms with van der Waals surface area (Å²) >= 11 is 1.65. The molecule has 1 aliphatic rings. The molecule has 1 atom stereocenters. The number of aromatic amines is 1. The third-order valence-corrected chi connectivity index (χ3v) is 5.38. The molecule has 0 spiro atoms. The molecule has 0 radical (unpaired) electrons. The van der Waals surface area contributed by atoms with Crippen molar-refractivity contribution < 1.29 is 9.53 Å². The Balaban J connectivity index is 1.55. The minimum Gasteiger partial charge on any atom is -0.378 e. The van der Waals surface area contributed by atoms with Gasteiger partial charge >= 0.3 is 0 Å². The molecule has 2 aromatic rings. The van der Waals surface area contributed by atoms with Crippen LogP contribution < -0.4 is 15.8 Å². The number of hydrogen-bond acceptors (Lipinski definition) is 6. The minimum atomic E-state index is -0.164. The number of nitrogens with one attached hydrogen (secondary N) is 2. The summed E-state index contributed by atoms with van der Waals surface area (Å²) in [6.07, 6.45) is 1.47. The fourth-order valence-corrected chi connectivity index (χ4v) is 3.90. The normalized spacial score (nSPS) is 15.6. The number of ether oxygens (including phenoxy) is 1. The summed E-state index contributed by atoms with van der Waals surface area (Å²) in [5.74, 6) is 0.534. The molecule has 0 aliphatic carbocycles. The predicted molar refractivity (Wildman–Crippen MR) is 107 cm³/mol. The number of aromatic nitrogens is 2. The van der Waals surface area contributed by atoms with Crippen molar-refractivity contribution in [2.75, 3.05) is 31.2 Å². The maximum atomic E-state index is 12.5. The van der Waals surface area contributed by atoms with Crippen molar-refractivity contribution in [2.24, 2.45) is 0 Å². The van der Waals surface area contributed by atoms with Crippen molar-refractivity contribution in [1.29, 1.82) is 0 Å². The number of morpholine rings is 1. The smallest absolute Gasteiger partial charge is 0.255 e. The van der Waals surface area contributed by atoms with Crippen molar-refractivity contribution in [3.05, 3.63) is 44.0 Å². The number of carbonyl (C=O) groups is 1. The Bertz CT molecular complexity index is 813. The highest BCUT2D eigenvalue weighted by Crippen LogP contribution is 2.12. The van der Waals surface area contributed by atoms with E-state index in [1.807, 2.05) is 24.1 Å². The summed E-state index contributed by atoms with van der Waals surface area (Å²) in [5, 5.41) is 7.13. The summed E-state index contributed by atoms with van der Waals surface area (Å²) in [6.45, 7) is 6.51. The van der Waals surface area contributed by atoms with Crippen molar-refractivity contribution in [2.45, 2.75) is 39.2 Å². The van der Waals surface area contributed by atoms with Gasteiger partial charge in [0.1, 0.15) is 0 Å². The summed E-state index contributed by atoms with van der Waals surface area (Å²) in [6, 6.07) is 2.13. The molecule has 1 unspecified atom stereocenters. The summed E-state index contributed by atoms with van der Waals surface area (Å²) in [4.78, 5) is 34.1. The van der Waals surface area contributed by atoms with Gasteiger partial charge in [0.05, 0.1) is 13.2 Å². The Morgan fingerprint density at radius 3 is 2.89 bits per heavy atom. The molecule has 27 heavy (non-hydrogen) atoms. The quantitative estimate of drug-likeness (QED) is 0.751. The second kappa shape index (κ2) is 9.14. The lowest BCUT2D eigenvalue weighted by Gasteiger charge is -2.27. The highest BCUT2D eigenvalue weighted by molar-refractivity contribution is 7.07. The van der Waals surface area contributed by atoms with Gasteiger partial charge in [-0.15, -0.1) is 0 Å². The van der Waals surface area contributed by atoms with Gasteiger partial charge in [0.25, 0.3) is 5.56 Å². The van der Waals surface area contributed by atoms with Crippen molar-refractivity contribution in [1.82, 2.24) is 15.3 Å². The van der Waals surface area contributed by atoms with Crippen LogP contribution in [-0.2, 0) is 22.4 Å². The van der Waals surface area contributed by atoms with Gasteiger partial charge in [-0.25, -0.2) is 4.98 Å². The molecule has 8 heteroatoms. The van der Waals surface area contributed by atoms with Crippen LogP contribution in [0.1, 0.15) is 30.2 Å². The number of aryl methyl sites for hydroxylation is 1. The van der Waals surface area contributed by atoms with Crippen LogP contribution in [0.4, 0.5) is 5.95 Å². The molecule has 1 fully saturated rings. The van der Waals surface area contributed by atoms with Gasteiger partial charge in [0.2, 0.25) is 11.9 Å². The molecule has 0 bridgehead atoms. The van der Waals surface area contributed by atoms with E-state index in [0.29, 0.717) is 49.9 Å². The molecule has 3 rings (SSSR count). The summed E-state index contributed by atoms with van der Waals surface area (Å²) in [7, 11) is 0. The Morgan fingerprint density at radius 1 is 1.44 bits per heavy atom. The summed E-state index contributed by atoms with van der Waals surface area (Å²) < 4.78 is 5.33. The Hall–Kier alpha value is -2.19. The van der Waals surface area contributed by atoms with Crippen LogP contribution in [0.15, 0.2) is 21.6 Å². The average Bonchev–Trinajstić information content (AvgIpc) is 3.14. The molecular weight excluding hydrogens is 364 g/mol. The Kier molecular flexibility index (Phi) is 6.63. The molecule has 1 amide bonds. The topological polar surface area (TPSA) is 87.3 Å². The lowest BCUT2D eigenvalue weighted by atomic mass is 10.1. The van der Waals surface area contributed by atoms with E-state index in [1.54, 1.807) is 11.3 Å². The van der Waals surface area contributed by atoms with E-state index in [9.17, 15) is 9.59 Å². The van der Waals surface area contributed by atoms with E-state index in [0.717, 1.165) is 6.42 Å². The maximum Gasteiger partial charge on any atom is 0.255 e. The van der Waals surface area contributed by atoms with Gasteiger partial charge in [0.15, 0.2) is 0 Å². The minimum absolute atomic E-state index is 0.0474. The van der Waals surface area contributed by atoms with Crippen LogP contribution in [0.2, 0.25) is 0 Å². The first-order valence-corrected chi connectivity index (χ1v) is 10.2. The number of H-pyrrole nitrogens is 1. The third kappa shape index (κ3) is 5.40. The molecular formula is C19H26N4O3S. The largest absolute Gasteiger partial charge is 0.378 e. The predicted octanol–water partition coefficient (Wildman–Crippen LogP) is 1.66. The average molecular weight is 391 g/mol. The number of anilines is 1. The molecule has 0 saturated carbocycles. The first kappa shape index (κ1) is 19.6. The highest BCUT2D eigenvalue weighted by Gasteiger charge is 2.17. The van der Waals surface area contributed by atoms with Gasteiger partial charge in [-0.2, -0.15) is 11.3 Å². The van der Waals surface area contributed by atoms with Crippen LogP contribution in [0, 0.1) is 6.92 Å². The highest BCUT2D eigenvalue weighted by atomic mass is 32.1. The van der Waals surface area contributed by atoms with Crippen LogP contribution >= 0.6 is 11.3 Å². The van der Waals surface area contributed by atoms with E-state index < -0.39 is 0 Å². The van der Waals surface area contributed by atoms with E-state index in [-0.39, 0.29) is 23.9 Å². The second-order valence-corrected chi connectivity index (χ2v) is 7.64. The number of thiophene rings is 1. The zero-order chi connectivity index (χ0) is 19.2. The maximum absolute atomic E-state index is 12.5. The number of rotatable bonds is 7.